The quantitative estimate of drug-likeness (QED) is 0.838. The van der Waals surface area contributed by atoms with Crippen LogP contribution in [0.3, 0.4) is 0 Å². The fraction of sp³-hybridized carbons (Fsp3) is 0.467. The smallest absolute Gasteiger partial charge is 0.255 e. The molecule has 5 heteroatoms. The molecule has 0 aliphatic heterocycles. The molecule has 0 aliphatic rings. The Morgan fingerprint density at radius 1 is 1.60 bits per heavy atom. The van der Waals surface area contributed by atoms with Crippen LogP contribution in [-0.2, 0) is 0 Å². The summed E-state index contributed by atoms with van der Waals surface area (Å²) in [6.07, 6.45) is 6.08. The molecule has 0 radical (unpaired) electrons. The lowest BCUT2D eigenvalue weighted by molar-refractivity contribution is 0.0743. The number of nitrogens with zero attached hydrogens (tertiary/aromatic N) is 2. The number of aliphatic hydroxyl groups excluding tert-OH is 1. The Bertz CT molecular complexity index is 508. The highest BCUT2D eigenvalue weighted by atomic mass is 32.2. The molecule has 0 fully saturated rings. The number of aromatic nitrogens is 1. The van der Waals surface area contributed by atoms with E-state index in [2.05, 4.69) is 23.7 Å². The molecule has 4 nitrogen and oxygen atoms in total. The first-order valence-corrected chi connectivity index (χ1v) is 7.84. The second kappa shape index (κ2) is 8.62. The molecule has 20 heavy (non-hydrogen) atoms. The van der Waals surface area contributed by atoms with E-state index in [1.165, 1.54) is 0 Å². The van der Waals surface area contributed by atoms with E-state index >= 15 is 0 Å². The topological polar surface area (TPSA) is 53.4 Å². The van der Waals surface area contributed by atoms with E-state index in [9.17, 15) is 4.79 Å². The summed E-state index contributed by atoms with van der Waals surface area (Å²) in [5.74, 6) is 6.17. The number of hydrogen-bond acceptors (Lipinski definition) is 4. The number of pyridine rings is 1. The summed E-state index contributed by atoms with van der Waals surface area (Å²) in [4.78, 5) is 18.3. The van der Waals surface area contributed by atoms with Crippen molar-refractivity contribution in [2.45, 2.75) is 19.4 Å². The highest BCUT2D eigenvalue weighted by molar-refractivity contribution is 7.98. The van der Waals surface area contributed by atoms with Gasteiger partial charge in [-0.25, -0.2) is 0 Å². The third-order valence-corrected chi connectivity index (χ3v) is 3.77. The SMILES string of the molecule is CCC(CSC)N(C)C(=O)c1ccncc1C#CCO. The van der Waals surface area contributed by atoms with Crippen LogP contribution in [0.2, 0.25) is 0 Å². The fourth-order valence-electron chi connectivity index (χ4n) is 1.87. The van der Waals surface area contributed by atoms with Crippen LogP contribution in [0.25, 0.3) is 0 Å². The molecule has 108 valence electrons. The molecular formula is C15H20N2O2S. The Labute approximate surface area is 124 Å². The van der Waals surface area contributed by atoms with Gasteiger partial charge in [-0.2, -0.15) is 11.8 Å². The molecule has 0 aromatic carbocycles. The van der Waals surface area contributed by atoms with Crippen molar-refractivity contribution in [1.29, 1.82) is 0 Å². The predicted molar refractivity (Wildman–Crippen MR) is 82.8 cm³/mol. The molecule has 1 unspecified atom stereocenters. The molecule has 1 N–H and O–H groups in total. The van der Waals surface area contributed by atoms with Crippen LogP contribution >= 0.6 is 11.8 Å². The van der Waals surface area contributed by atoms with Gasteiger partial charge in [0.2, 0.25) is 0 Å². The van der Waals surface area contributed by atoms with Crippen molar-refractivity contribution in [2.75, 3.05) is 25.7 Å². The summed E-state index contributed by atoms with van der Waals surface area (Å²) in [7, 11) is 1.82. The molecule has 0 saturated heterocycles. The monoisotopic (exact) mass is 292 g/mol. The predicted octanol–water partition coefficient (Wildman–Crippen LogP) is 1.64. The van der Waals surface area contributed by atoms with Crippen molar-refractivity contribution in [3.8, 4) is 11.8 Å². The van der Waals surface area contributed by atoms with Crippen LogP contribution in [0.4, 0.5) is 0 Å². The van der Waals surface area contributed by atoms with E-state index in [-0.39, 0.29) is 18.6 Å². The summed E-state index contributed by atoms with van der Waals surface area (Å²) in [6, 6.07) is 1.87. The minimum atomic E-state index is -0.234. The zero-order chi connectivity index (χ0) is 15.0. The number of thioether (sulfide) groups is 1. The van der Waals surface area contributed by atoms with Gasteiger partial charge in [-0.15, -0.1) is 0 Å². The summed E-state index contributed by atoms with van der Waals surface area (Å²) >= 11 is 1.73. The van der Waals surface area contributed by atoms with E-state index in [1.54, 1.807) is 35.1 Å². The average molecular weight is 292 g/mol. The highest BCUT2D eigenvalue weighted by Gasteiger charge is 2.21. The minimum absolute atomic E-state index is 0.0597. The van der Waals surface area contributed by atoms with Gasteiger partial charge in [0.25, 0.3) is 5.91 Å². The van der Waals surface area contributed by atoms with Crippen molar-refractivity contribution < 1.29 is 9.90 Å². The van der Waals surface area contributed by atoms with Gasteiger partial charge >= 0.3 is 0 Å². The lowest BCUT2D eigenvalue weighted by Gasteiger charge is -2.27. The van der Waals surface area contributed by atoms with Crippen molar-refractivity contribution in [3.63, 3.8) is 0 Å². The Morgan fingerprint density at radius 3 is 2.95 bits per heavy atom. The first-order chi connectivity index (χ1) is 9.65. The van der Waals surface area contributed by atoms with Gasteiger partial charge in [-0.1, -0.05) is 18.8 Å². The van der Waals surface area contributed by atoms with Crippen LogP contribution in [0.1, 0.15) is 29.3 Å². The molecule has 1 amide bonds. The first kappa shape index (κ1) is 16.5. The van der Waals surface area contributed by atoms with Crippen LogP contribution < -0.4 is 0 Å². The van der Waals surface area contributed by atoms with Gasteiger partial charge in [-0.05, 0) is 18.7 Å². The third-order valence-electron chi connectivity index (χ3n) is 3.05. The Kier molecular flexibility index (Phi) is 7.13. The standard InChI is InChI=1S/C15H20N2O2S/c1-4-13(11-20-3)17(2)15(19)14-7-8-16-10-12(14)6-5-9-18/h7-8,10,13,18H,4,9,11H2,1-3H3. The number of amides is 1. The molecule has 0 bridgehead atoms. The number of carbonyl (C=O) groups is 1. The summed E-state index contributed by atoms with van der Waals surface area (Å²) < 4.78 is 0. The molecule has 1 rings (SSSR count). The first-order valence-electron chi connectivity index (χ1n) is 6.45. The van der Waals surface area contributed by atoms with Gasteiger partial charge in [0.15, 0.2) is 0 Å². The Hall–Kier alpha value is -1.51. The van der Waals surface area contributed by atoms with E-state index in [0.717, 1.165) is 12.2 Å². The van der Waals surface area contributed by atoms with Gasteiger partial charge in [0.1, 0.15) is 6.61 Å². The van der Waals surface area contributed by atoms with Crippen LogP contribution in [0.15, 0.2) is 18.5 Å². The van der Waals surface area contributed by atoms with Crippen LogP contribution in [0, 0.1) is 11.8 Å². The van der Waals surface area contributed by atoms with Gasteiger partial charge < -0.3 is 10.0 Å². The molecule has 0 aliphatic carbocycles. The molecule has 1 aromatic rings. The second-order valence-corrected chi connectivity index (χ2v) is 5.23. The lowest BCUT2D eigenvalue weighted by Crippen LogP contribution is -2.38. The van der Waals surface area contributed by atoms with Gasteiger partial charge in [-0.3, -0.25) is 9.78 Å². The van der Waals surface area contributed by atoms with Crippen LogP contribution in [-0.4, -0.2) is 52.6 Å². The largest absolute Gasteiger partial charge is 0.384 e. The number of rotatable bonds is 5. The van der Waals surface area contributed by atoms with Crippen LogP contribution in [0.5, 0.6) is 0 Å². The zero-order valence-corrected chi connectivity index (χ0v) is 12.9. The summed E-state index contributed by atoms with van der Waals surface area (Å²) in [5, 5.41) is 8.77. The molecular weight excluding hydrogens is 272 g/mol. The maximum absolute atomic E-state index is 12.6. The average Bonchev–Trinajstić information content (AvgIpc) is 2.49. The van der Waals surface area contributed by atoms with Crippen molar-refractivity contribution in [3.05, 3.63) is 29.6 Å². The van der Waals surface area contributed by atoms with E-state index in [0.29, 0.717) is 11.1 Å². The maximum atomic E-state index is 12.6. The van der Waals surface area contributed by atoms with Gasteiger partial charge in [0, 0.05) is 31.2 Å². The molecule has 1 aromatic heterocycles. The molecule has 0 saturated carbocycles. The normalized spacial score (nSPS) is 11.4. The third kappa shape index (κ3) is 4.26. The fourth-order valence-corrected chi connectivity index (χ4v) is 2.71. The van der Waals surface area contributed by atoms with E-state index in [4.69, 9.17) is 5.11 Å². The molecule has 1 atom stereocenters. The lowest BCUT2D eigenvalue weighted by atomic mass is 10.1. The Balaban J connectivity index is 3.02. The number of hydrogen-bond donors (Lipinski definition) is 1. The minimum Gasteiger partial charge on any atom is -0.384 e. The zero-order valence-electron chi connectivity index (χ0n) is 12.1. The molecule has 1 heterocycles. The Morgan fingerprint density at radius 2 is 2.35 bits per heavy atom. The number of aliphatic hydroxyl groups is 1. The summed E-state index contributed by atoms with van der Waals surface area (Å²) in [5.41, 5.74) is 1.08. The highest BCUT2D eigenvalue weighted by Crippen LogP contribution is 2.14. The molecule has 0 spiro atoms. The van der Waals surface area contributed by atoms with Crippen molar-refractivity contribution in [2.24, 2.45) is 0 Å². The van der Waals surface area contributed by atoms with E-state index in [1.807, 2.05) is 13.3 Å². The van der Waals surface area contributed by atoms with E-state index < -0.39 is 0 Å². The van der Waals surface area contributed by atoms with Gasteiger partial charge in [0.05, 0.1) is 11.1 Å². The second-order valence-electron chi connectivity index (χ2n) is 4.31. The van der Waals surface area contributed by atoms with Crippen molar-refractivity contribution >= 4 is 17.7 Å². The number of carbonyl (C=O) groups excluding carboxylic acids is 1. The maximum Gasteiger partial charge on any atom is 0.255 e. The van der Waals surface area contributed by atoms with Crippen molar-refractivity contribution in [1.82, 2.24) is 9.88 Å². The summed E-state index contributed by atoms with van der Waals surface area (Å²) in [6.45, 7) is 1.84.